The van der Waals surface area contributed by atoms with Crippen molar-refractivity contribution in [2.24, 2.45) is 12.2 Å². The minimum absolute atomic E-state index is 0.0316. The first-order chi connectivity index (χ1) is 14.1. The Bertz CT molecular complexity index is 1190. The first-order valence-corrected chi connectivity index (χ1v) is 8.93. The van der Waals surface area contributed by atoms with Gasteiger partial charge in [0, 0.05) is 24.7 Å². The second-order valence-electron chi connectivity index (χ2n) is 7.17. The third kappa shape index (κ3) is 3.38. The molecule has 6 nitrogen and oxygen atoms in total. The van der Waals surface area contributed by atoms with Gasteiger partial charge in [0.05, 0.1) is 16.7 Å². The molecule has 30 heavy (non-hydrogen) atoms. The Labute approximate surface area is 168 Å². The lowest BCUT2D eigenvalue weighted by Gasteiger charge is -2.20. The Morgan fingerprint density at radius 1 is 1.23 bits per heavy atom. The van der Waals surface area contributed by atoms with Crippen LogP contribution < -0.4 is 5.32 Å². The van der Waals surface area contributed by atoms with E-state index in [9.17, 15) is 22.4 Å². The number of alkyl halides is 3. The van der Waals surface area contributed by atoms with Gasteiger partial charge < -0.3 is 14.7 Å². The van der Waals surface area contributed by atoms with Crippen molar-refractivity contribution in [1.82, 2.24) is 9.55 Å². The Morgan fingerprint density at radius 2 is 1.97 bits per heavy atom. The zero-order valence-corrected chi connectivity index (χ0v) is 15.9. The second kappa shape index (κ2) is 6.82. The van der Waals surface area contributed by atoms with E-state index in [0.29, 0.717) is 5.71 Å². The molecule has 2 aromatic carbocycles. The van der Waals surface area contributed by atoms with Gasteiger partial charge in [-0.15, -0.1) is 0 Å². The fraction of sp³-hybridized carbons (Fsp3) is 0.250. The third-order valence-electron chi connectivity index (χ3n) is 4.92. The minimum atomic E-state index is -4.59. The lowest BCUT2D eigenvalue weighted by molar-refractivity contribution is -0.146. The van der Waals surface area contributed by atoms with Crippen LogP contribution in [0.3, 0.4) is 0 Å². The maximum absolute atomic E-state index is 14.0. The van der Waals surface area contributed by atoms with Gasteiger partial charge in [-0.25, -0.2) is 9.37 Å². The zero-order chi connectivity index (χ0) is 21.7. The summed E-state index contributed by atoms with van der Waals surface area (Å²) in [4.78, 5) is 21.7. The van der Waals surface area contributed by atoms with Gasteiger partial charge in [0.1, 0.15) is 5.82 Å². The number of carbonyl (C=O) groups is 1. The average molecular weight is 420 g/mol. The van der Waals surface area contributed by atoms with E-state index in [1.54, 1.807) is 12.1 Å². The largest absolute Gasteiger partial charge is 0.449 e. The van der Waals surface area contributed by atoms with Crippen molar-refractivity contribution in [3.05, 3.63) is 59.7 Å². The lowest BCUT2D eigenvalue weighted by atomic mass is 9.95. The number of nitrogens with one attached hydrogen (secondary N) is 1. The molecule has 2 heterocycles. The summed E-state index contributed by atoms with van der Waals surface area (Å²) in [7, 11) is 1.27. The predicted octanol–water partition coefficient (Wildman–Crippen LogP) is 4.25. The number of hydrogen-bond acceptors (Lipinski definition) is 4. The third-order valence-corrected chi connectivity index (χ3v) is 4.92. The molecule has 0 unspecified atom stereocenters. The highest BCUT2D eigenvalue weighted by Gasteiger charge is 2.43. The first kappa shape index (κ1) is 19.9. The standard InChI is InChI=1S/C20H16F4N4O2/c1-19(10-15(27-30-19)12-5-3-4-6-13(12)21)18(29)25-11-7-8-16-14(9-11)26-17(28(16)2)20(22,23)24/h3-9H,10H2,1-2H3,(H,25,29)/t19-/m1/s1. The predicted molar refractivity (Wildman–Crippen MR) is 101 cm³/mol. The lowest BCUT2D eigenvalue weighted by Crippen LogP contribution is -2.40. The monoisotopic (exact) mass is 420 g/mol. The molecule has 0 bridgehead atoms. The molecule has 1 aromatic heterocycles. The molecule has 1 N–H and O–H groups in total. The molecule has 156 valence electrons. The van der Waals surface area contributed by atoms with E-state index < -0.39 is 29.3 Å². The molecule has 0 aliphatic carbocycles. The van der Waals surface area contributed by atoms with Crippen LogP contribution in [0.25, 0.3) is 11.0 Å². The van der Waals surface area contributed by atoms with Crippen LogP contribution in [0.4, 0.5) is 23.2 Å². The number of carbonyl (C=O) groups excluding carboxylic acids is 1. The van der Waals surface area contributed by atoms with Crippen LogP contribution in [0.15, 0.2) is 47.6 Å². The fourth-order valence-electron chi connectivity index (χ4n) is 3.30. The number of halogens is 4. The molecule has 0 fully saturated rings. The highest BCUT2D eigenvalue weighted by molar-refractivity contribution is 6.08. The van der Waals surface area contributed by atoms with Crippen LogP contribution in [0, 0.1) is 5.82 Å². The van der Waals surface area contributed by atoms with E-state index in [1.807, 2.05) is 0 Å². The van der Waals surface area contributed by atoms with E-state index in [2.05, 4.69) is 15.5 Å². The number of aromatic nitrogens is 2. The maximum Gasteiger partial charge on any atom is 0.449 e. The first-order valence-electron chi connectivity index (χ1n) is 8.93. The van der Waals surface area contributed by atoms with E-state index in [4.69, 9.17) is 4.84 Å². The average Bonchev–Trinajstić information content (AvgIpc) is 3.23. The van der Waals surface area contributed by atoms with Gasteiger partial charge in [0.25, 0.3) is 5.91 Å². The molecule has 0 saturated heterocycles. The fourth-order valence-corrected chi connectivity index (χ4v) is 3.30. The van der Waals surface area contributed by atoms with Gasteiger partial charge >= 0.3 is 6.18 Å². The van der Waals surface area contributed by atoms with Crippen molar-refractivity contribution in [3.8, 4) is 0 Å². The maximum atomic E-state index is 14.0. The van der Waals surface area contributed by atoms with Crippen molar-refractivity contribution >= 4 is 28.3 Å². The van der Waals surface area contributed by atoms with Crippen molar-refractivity contribution < 1.29 is 27.2 Å². The Morgan fingerprint density at radius 3 is 2.67 bits per heavy atom. The molecule has 1 aliphatic heterocycles. The van der Waals surface area contributed by atoms with Crippen molar-refractivity contribution in [1.29, 1.82) is 0 Å². The van der Waals surface area contributed by atoms with Gasteiger partial charge in [-0.2, -0.15) is 13.2 Å². The molecule has 1 amide bonds. The Hall–Kier alpha value is -3.43. The summed E-state index contributed by atoms with van der Waals surface area (Å²) in [5.41, 5.74) is -0.251. The quantitative estimate of drug-likeness (QED) is 0.644. The van der Waals surface area contributed by atoms with E-state index in [1.165, 1.54) is 44.3 Å². The summed E-state index contributed by atoms with van der Waals surface area (Å²) in [6.45, 7) is 1.50. The number of nitrogens with zero attached hydrogens (tertiary/aromatic N) is 3. The molecule has 1 aliphatic rings. The number of amides is 1. The zero-order valence-electron chi connectivity index (χ0n) is 15.9. The topological polar surface area (TPSA) is 68.5 Å². The van der Waals surface area contributed by atoms with Gasteiger partial charge in [-0.1, -0.05) is 23.4 Å². The summed E-state index contributed by atoms with van der Waals surface area (Å²) in [5, 5.41) is 6.46. The Kier molecular flexibility index (Phi) is 4.52. The number of hydrogen-bond donors (Lipinski definition) is 1. The van der Waals surface area contributed by atoms with Crippen LogP contribution in [0.2, 0.25) is 0 Å². The van der Waals surface area contributed by atoms with E-state index >= 15 is 0 Å². The highest BCUT2D eigenvalue weighted by atomic mass is 19.4. The number of benzene rings is 2. The summed E-state index contributed by atoms with van der Waals surface area (Å²) in [5.74, 6) is -2.08. The molecule has 10 heteroatoms. The summed E-state index contributed by atoms with van der Waals surface area (Å²) in [6.07, 6.45) is -4.56. The molecule has 1 atom stereocenters. The summed E-state index contributed by atoms with van der Waals surface area (Å²) in [6, 6.07) is 10.3. The number of aryl methyl sites for hydroxylation is 1. The number of oxime groups is 1. The molecular weight excluding hydrogens is 404 g/mol. The van der Waals surface area contributed by atoms with Crippen molar-refractivity contribution in [2.75, 3.05) is 5.32 Å². The molecule has 3 aromatic rings. The summed E-state index contributed by atoms with van der Waals surface area (Å²) >= 11 is 0. The van der Waals surface area contributed by atoms with Crippen LogP contribution in [-0.4, -0.2) is 26.8 Å². The SMILES string of the molecule is Cn1c(C(F)(F)F)nc2cc(NC(=O)[C@@]3(C)CC(c4ccccc4F)=NO3)ccc21. The van der Waals surface area contributed by atoms with Gasteiger partial charge in [-0.05, 0) is 31.2 Å². The minimum Gasteiger partial charge on any atom is -0.379 e. The van der Waals surface area contributed by atoms with Gasteiger partial charge in [0.15, 0.2) is 0 Å². The van der Waals surface area contributed by atoms with Gasteiger partial charge in [-0.3, -0.25) is 4.79 Å². The Balaban J connectivity index is 1.54. The summed E-state index contributed by atoms with van der Waals surface area (Å²) < 4.78 is 54.1. The number of anilines is 1. The number of fused-ring (bicyclic) bond motifs is 1. The smallest absolute Gasteiger partial charge is 0.379 e. The molecule has 0 spiro atoms. The van der Waals surface area contributed by atoms with Crippen molar-refractivity contribution in [3.63, 3.8) is 0 Å². The normalized spacial score (nSPS) is 18.9. The number of imidazole rings is 1. The van der Waals surface area contributed by atoms with Gasteiger partial charge in [0.2, 0.25) is 11.4 Å². The molecule has 0 saturated carbocycles. The van der Waals surface area contributed by atoms with Crippen LogP contribution in [-0.2, 0) is 22.9 Å². The van der Waals surface area contributed by atoms with E-state index in [-0.39, 0.29) is 28.7 Å². The highest BCUT2D eigenvalue weighted by Crippen LogP contribution is 2.32. The van der Waals surface area contributed by atoms with Crippen LogP contribution in [0.1, 0.15) is 24.7 Å². The van der Waals surface area contributed by atoms with Crippen LogP contribution >= 0.6 is 0 Å². The number of rotatable bonds is 3. The second-order valence-corrected chi connectivity index (χ2v) is 7.17. The van der Waals surface area contributed by atoms with Crippen molar-refractivity contribution in [2.45, 2.75) is 25.1 Å². The molecule has 4 rings (SSSR count). The molecular formula is C20H16F4N4O2. The van der Waals surface area contributed by atoms with E-state index in [0.717, 1.165) is 4.57 Å². The van der Waals surface area contributed by atoms with Crippen LogP contribution in [0.5, 0.6) is 0 Å². The molecule has 0 radical (unpaired) electrons.